The van der Waals surface area contributed by atoms with Crippen LogP contribution in [0.4, 0.5) is 0 Å². The number of carbonyl (C=O) groups is 1. The molecular weight excluding hydrogens is 344 g/mol. The van der Waals surface area contributed by atoms with Crippen LogP contribution in [0.3, 0.4) is 0 Å². The second-order valence-electron chi connectivity index (χ2n) is 5.78. The van der Waals surface area contributed by atoms with Crippen LogP contribution in [0.1, 0.15) is 37.1 Å². The highest BCUT2D eigenvalue weighted by molar-refractivity contribution is 9.10. The van der Waals surface area contributed by atoms with Gasteiger partial charge in [-0.3, -0.25) is 9.48 Å². The van der Waals surface area contributed by atoms with E-state index in [0.717, 1.165) is 22.3 Å². The minimum atomic E-state index is -0.243. The van der Waals surface area contributed by atoms with E-state index < -0.39 is 0 Å². The van der Waals surface area contributed by atoms with Crippen molar-refractivity contribution in [2.24, 2.45) is 5.92 Å². The number of carbonyl (C=O) groups excluding carboxylic acids is 1. The van der Waals surface area contributed by atoms with Crippen molar-refractivity contribution in [3.63, 3.8) is 0 Å². The molecule has 1 fully saturated rings. The molecule has 5 heteroatoms. The van der Waals surface area contributed by atoms with Gasteiger partial charge < -0.3 is 4.74 Å². The van der Waals surface area contributed by atoms with E-state index in [0.29, 0.717) is 5.92 Å². The average Bonchev–Trinajstić information content (AvgIpc) is 3.27. The van der Waals surface area contributed by atoms with Crippen LogP contribution in [0.15, 0.2) is 41.0 Å². The highest BCUT2D eigenvalue weighted by Gasteiger charge is 2.25. The van der Waals surface area contributed by atoms with Crippen LogP contribution in [0.25, 0.3) is 0 Å². The monoisotopic (exact) mass is 362 g/mol. The maximum absolute atomic E-state index is 12.2. The van der Waals surface area contributed by atoms with Gasteiger partial charge in [0.1, 0.15) is 6.10 Å². The highest BCUT2D eigenvalue weighted by atomic mass is 79.9. The molecule has 0 saturated heterocycles. The lowest BCUT2D eigenvalue weighted by molar-refractivity contribution is -0.147. The molecule has 1 aromatic carbocycles. The van der Waals surface area contributed by atoms with E-state index in [1.165, 1.54) is 12.8 Å². The van der Waals surface area contributed by atoms with Crippen molar-refractivity contribution < 1.29 is 9.53 Å². The molecule has 1 atom stereocenters. The Labute approximate surface area is 138 Å². The fourth-order valence-corrected chi connectivity index (χ4v) is 2.87. The lowest BCUT2D eigenvalue weighted by atomic mass is 10.1. The zero-order valence-corrected chi connectivity index (χ0v) is 14.1. The number of benzene rings is 1. The third-order valence-electron chi connectivity index (χ3n) is 3.91. The lowest BCUT2D eigenvalue weighted by Crippen LogP contribution is -2.15. The number of hydrogen-bond acceptors (Lipinski definition) is 3. The Morgan fingerprint density at radius 3 is 2.82 bits per heavy atom. The molecule has 2 aromatic rings. The predicted octanol–water partition coefficient (Wildman–Crippen LogP) is 3.90. The maximum Gasteiger partial charge on any atom is 0.312 e. The zero-order valence-electron chi connectivity index (χ0n) is 12.5. The fraction of sp³-hybridized carbons (Fsp3) is 0.412. The summed E-state index contributed by atoms with van der Waals surface area (Å²) in [5, 5.41) is 4.35. The van der Waals surface area contributed by atoms with Crippen molar-refractivity contribution in [3.05, 3.63) is 52.3 Å². The normalized spacial score (nSPS) is 15.5. The van der Waals surface area contributed by atoms with Crippen LogP contribution in [0, 0.1) is 5.92 Å². The maximum atomic E-state index is 12.2. The van der Waals surface area contributed by atoms with Crippen LogP contribution in [0.5, 0.6) is 0 Å². The summed E-state index contributed by atoms with van der Waals surface area (Å²) >= 11 is 3.48. The smallest absolute Gasteiger partial charge is 0.312 e. The molecule has 0 amide bonds. The third-order valence-corrected chi connectivity index (χ3v) is 4.58. The van der Waals surface area contributed by atoms with E-state index in [2.05, 4.69) is 21.0 Å². The summed E-state index contributed by atoms with van der Waals surface area (Å²) in [6.45, 7) is 2.78. The molecule has 4 nitrogen and oxygen atoms in total. The van der Waals surface area contributed by atoms with E-state index in [9.17, 15) is 4.79 Å². The van der Waals surface area contributed by atoms with E-state index in [1.807, 2.05) is 41.9 Å². The van der Waals surface area contributed by atoms with Crippen LogP contribution < -0.4 is 0 Å². The molecule has 0 N–H and O–H groups in total. The first-order chi connectivity index (χ1) is 10.6. The van der Waals surface area contributed by atoms with E-state index in [4.69, 9.17) is 4.74 Å². The molecule has 1 aliphatic rings. The molecule has 0 aliphatic heterocycles. The van der Waals surface area contributed by atoms with Gasteiger partial charge in [0.25, 0.3) is 0 Å². The Hall–Kier alpha value is -1.62. The molecule has 3 rings (SSSR count). The van der Waals surface area contributed by atoms with Gasteiger partial charge in [-0.05, 0) is 47.2 Å². The largest absolute Gasteiger partial charge is 0.457 e. The van der Waals surface area contributed by atoms with Crippen molar-refractivity contribution >= 4 is 21.9 Å². The van der Waals surface area contributed by atoms with Gasteiger partial charge >= 0.3 is 5.97 Å². The summed E-state index contributed by atoms with van der Waals surface area (Å²) in [7, 11) is 0. The Bertz CT molecular complexity index is 650. The van der Waals surface area contributed by atoms with Crippen molar-refractivity contribution in [2.75, 3.05) is 0 Å². The summed E-state index contributed by atoms with van der Waals surface area (Å²) in [6, 6.07) is 9.77. The van der Waals surface area contributed by atoms with E-state index in [1.54, 1.807) is 6.20 Å². The Kier molecular flexibility index (Phi) is 4.62. The zero-order chi connectivity index (χ0) is 15.5. The number of esters is 1. The second kappa shape index (κ2) is 6.65. The molecule has 1 aliphatic carbocycles. The molecular formula is C17H19BrN2O2. The van der Waals surface area contributed by atoms with Gasteiger partial charge in [-0.1, -0.05) is 30.3 Å². The van der Waals surface area contributed by atoms with Crippen LogP contribution >= 0.6 is 15.9 Å². The fourth-order valence-electron chi connectivity index (χ4n) is 2.43. The van der Waals surface area contributed by atoms with Crippen molar-refractivity contribution in [2.45, 2.75) is 38.8 Å². The molecule has 1 aromatic heterocycles. The summed E-state index contributed by atoms with van der Waals surface area (Å²) in [4.78, 5) is 12.2. The molecule has 0 radical (unpaired) electrons. The molecule has 0 unspecified atom stereocenters. The van der Waals surface area contributed by atoms with Crippen molar-refractivity contribution in [3.8, 4) is 0 Å². The standard InChI is InChI=1S/C17H19BrN2O2/c1-12(14-5-3-2-4-6-14)22-17(21)9-16-15(18)10-19-20(16)11-13-7-8-13/h2-6,10,12-13H,7-9,11H2,1H3/t12-/m1/s1. The number of rotatable bonds is 6. The minimum absolute atomic E-state index is 0.227. The lowest BCUT2D eigenvalue weighted by Gasteiger charge is -2.14. The van der Waals surface area contributed by atoms with Crippen molar-refractivity contribution in [1.82, 2.24) is 9.78 Å². The molecule has 22 heavy (non-hydrogen) atoms. The predicted molar refractivity (Wildman–Crippen MR) is 87.3 cm³/mol. The van der Waals surface area contributed by atoms with Gasteiger partial charge in [0.05, 0.1) is 22.8 Å². The number of hydrogen-bond donors (Lipinski definition) is 0. The molecule has 116 valence electrons. The van der Waals surface area contributed by atoms with Crippen LogP contribution in [0.2, 0.25) is 0 Å². The number of aromatic nitrogens is 2. The van der Waals surface area contributed by atoms with Gasteiger partial charge in [0, 0.05) is 6.54 Å². The van der Waals surface area contributed by atoms with Crippen LogP contribution in [-0.2, 0) is 22.5 Å². The molecule has 0 spiro atoms. The summed E-state index contributed by atoms with van der Waals surface area (Å²) in [5.74, 6) is 0.486. The highest BCUT2D eigenvalue weighted by Crippen LogP contribution is 2.31. The third kappa shape index (κ3) is 3.77. The first-order valence-electron chi connectivity index (χ1n) is 7.58. The SMILES string of the molecule is C[C@@H](OC(=O)Cc1c(Br)cnn1CC1CC1)c1ccccc1. The summed E-state index contributed by atoms with van der Waals surface area (Å²) in [6.07, 6.45) is 4.27. The van der Waals surface area contributed by atoms with E-state index in [-0.39, 0.29) is 18.5 Å². The quantitative estimate of drug-likeness (QED) is 0.731. The van der Waals surface area contributed by atoms with E-state index >= 15 is 0 Å². The van der Waals surface area contributed by atoms with Gasteiger partial charge in [0.2, 0.25) is 0 Å². The molecule has 1 heterocycles. The Morgan fingerprint density at radius 2 is 2.14 bits per heavy atom. The number of nitrogens with zero attached hydrogens (tertiary/aromatic N) is 2. The van der Waals surface area contributed by atoms with Gasteiger partial charge in [0.15, 0.2) is 0 Å². The average molecular weight is 363 g/mol. The first kappa shape index (κ1) is 15.3. The molecule has 0 bridgehead atoms. The Morgan fingerprint density at radius 1 is 1.41 bits per heavy atom. The summed E-state index contributed by atoms with van der Waals surface area (Å²) < 4.78 is 8.34. The minimum Gasteiger partial charge on any atom is -0.457 e. The number of halogens is 1. The second-order valence-corrected chi connectivity index (χ2v) is 6.64. The summed E-state index contributed by atoms with van der Waals surface area (Å²) in [5.41, 5.74) is 1.90. The van der Waals surface area contributed by atoms with Gasteiger partial charge in [-0.25, -0.2) is 0 Å². The van der Waals surface area contributed by atoms with Gasteiger partial charge in [-0.15, -0.1) is 0 Å². The first-order valence-corrected chi connectivity index (χ1v) is 8.37. The molecule has 1 saturated carbocycles. The van der Waals surface area contributed by atoms with Crippen molar-refractivity contribution in [1.29, 1.82) is 0 Å². The van der Waals surface area contributed by atoms with Gasteiger partial charge in [-0.2, -0.15) is 5.10 Å². The van der Waals surface area contributed by atoms with Crippen LogP contribution in [-0.4, -0.2) is 15.7 Å². The topological polar surface area (TPSA) is 44.1 Å². The number of ether oxygens (including phenoxy) is 1. The Balaban J connectivity index is 1.63.